The lowest BCUT2D eigenvalue weighted by molar-refractivity contribution is -0.131. The molecular weight excluding hydrogens is 286 g/mol. The van der Waals surface area contributed by atoms with E-state index in [1.807, 2.05) is 43.1 Å². The fourth-order valence-corrected chi connectivity index (χ4v) is 2.87. The monoisotopic (exact) mass is 309 g/mol. The van der Waals surface area contributed by atoms with Crippen LogP contribution in [0.25, 0.3) is 0 Å². The zero-order valence-electron chi connectivity index (χ0n) is 12.8. The SMILES string of the molecule is C[C@H](C(=O)N(C)CCC1CCOCC1)c1ccc(Cl)cc1. The highest BCUT2D eigenvalue weighted by atomic mass is 35.5. The molecule has 0 unspecified atom stereocenters. The molecule has 0 aliphatic carbocycles. The highest BCUT2D eigenvalue weighted by Crippen LogP contribution is 2.22. The maximum Gasteiger partial charge on any atom is 0.229 e. The second-order valence-electron chi connectivity index (χ2n) is 5.88. The van der Waals surface area contributed by atoms with E-state index >= 15 is 0 Å². The van der Waals surface area contributed by atoms with Crippen molar-refractivity contribution in [1.82, 2.24) is 4.90 Å². The van der Waals surface area contributed by atoms with Crippen molar-refractivity contribution in [3.63, 3.8) is 0 Å². The van der Waals surface area contributed by atoms with Gasteiger partial charge in [-0.05, 0) is 49.8 Å². The van der Waals surface area contributed by atoms with Gasteiger partial charge in [0.25, 0.3) is 0 Å². The summed E-state index contributed by atoms with van der Waals surface area (Å²) in [4.78, 5) is 14.3. The van der Waals surface area contributed by atoms with Gasteiger partial charge in [0.05, 0.1) is 5.92 Å². The molecule has 0 radical (unpaired) electrons. The Bertz CT molecular complexity index is 454. The van der Waals surface area contributed by atoms with Gasteiger partial charge in [-0.1, -0.05) is 23.7 Å². The van der Waals surface area contributed by atoms with Gasteiger partial charge in [0.2, 0.25) is 5.91 Å². The molecule has 4 heteroatoms. The molecule has 1 aliphatic heterocycles. The quantitative estimate of drug-likeness (QED) is 0.829. The minimum atomic E-state index is -0.123. The van der Waals surface area contributed by atoms with E-state index < -0.39 is 0 Å². The van der Waals surface area contributed by atoms with Crippen molar-refractivity contribution in [1.29, 1.82) is 0 Å². The molecule has 1 atom stereocenters. The van der Waals surface area contributed by atoms with E-state index in [4.69, 9.17) is 16.3 Å². The Morgan fingerprint density at radius 1 is 1.33 bits per heavy atom. The van der Waals surface area contributed by atoms with Gasteiger partial charge in [-0.15, -0.1) is 0 Å². The van der Waals surface area contributed by atoms with Crippen molar-refractivity contribution >= 4 is 17.5 Å². The summed E-state index contributed by atoms with van der Waals surface area (Å²) in [6, 6.07) is 7.53. The second kappa shape index (κ2) is 7.81. The third-order valence-electron chi connectivity index (χ3n) is 4.33. The number of amides is 1. The summed E-state index contributed by atoms with van der Waals surface area (Å²) in [5.41, 5.74) is 1.02. The van der Waals surface area contributed by atoms with E-state index in [1.54, 1.807) is 0 Å². The average molecular weight is 310 g/mol. The first-order valence-corrected chi connectivity index (χ1v) is 8.04. The minimum Gasteiger partial charge on any atom is -0.381 e. The molecule has 1 aliphatic rings. The largest absolute Gasteiger partial charge is 0.381 e. The maximum atomic E-state index is 12.5. The van der Waals surface area contributed by atoms with Crippen LogP contribution >= 0.6 is 11.6 Å². The van der Waals surface area contributed by atoms with E-state index in [9.17, 15) is 4.79 Å². The Hall–Kier alpha value is -1.06. The molecule has 1 fully saturated rings. The van der Waals surface area contributed by atoms with Gasteiger partial charge in [-0.25, -0.2) is 0 Å². The van der Waals surface area contributed by atoms with E-state index in [-0.39, 0.29) is 11.8 Å². The number of benzene rings is 1. The van der Waals surface area contributed by atoms with Crippen LogP contribution in [0.3, 0.4) is 0 Å². The number of likely N-dealkylation sites (N-methyl/N-ethyl adjacent to an activating group) is 1. The number of nitrogens with zero attached hydrogens (tertiary/aromatic N) is 1. The molecule has 116 valence electrons. The van der Waals surface area contributed by atoms with Crippen LogP contribution in [0.15, 0.2) is 24.3 Å². The molecular formula is C17H24ClNO2. The lowest BCUT2D eigenvalue weighted by Crippen LogP contribution is -2.33. The van der Waals surface area contributed by atoms with Gasteiger partial charge >= 0.3 is 0 Å². The van der Waals surface area contributed by atoms with Crippen LogP contribution in [0.1, 0.15) is 37.7 Å². The molecule has 1 aromatic rings. The fourth-order valence-electron chi connectivity index (χ4n) is 2.75. The van der Waals surface area contributed by atoms with Crippen molar-refractivity contribution in [2.75, 3.05) is 26.8 Å². The number of hydrogen-bond donors (Lipinski definition) is 0. The third-order valence-corrected chi connectivity index (χ3v) is 4.58. The molecule has 0 spiro atoms. The highest BCUT2D eigenvalue weighted by Gasteiger charge is 2.21. The Labute approximate surface area is 132 Å². The molecule has 1 heterocycles. The number of hydrogen-bond acceptors (Lipinski definition) is 2. The predicted octanol–water partition coefficient (Wildman–Crippen LogP) is 3.72. The Balaban J connectivity index is 1.84. The van der Waals surface area contributed by atoms with Crippen molar-refractivity contribution in [2.24, 2.45) is 5.92 Å². The molecule has 0 N–H and O–H groups in total. The van der Waals surface area contributed by atoms with Crippen LogP contribution in [0, 0.1) is 5.92 Å². The van der Waals surface area contributed by atoms with E-state index in [0.29, 0.717) is 10.9 Å². The molecule has 2 rings (SSSR count). The molecule has 21 heavy (non-hydrogen) atoms. The number of carbonyl (C=O) groups is 1. The zero-order chi connectivity index (χ0) is 15.2. The van der Waals surface area contributed by atoms with E-state index in [0.717, 1.165) is 44.6 Å². The summed E-state index contributed by atoms with van der Waals surface area (Å²) < 4.78 is 5.37. The topological polar surface area (TPSA) is 29.5 Å². The van der Waals surface area contributed by atoms with Gasteiger partial charge in [0.1, 0.15) is 0 Å². The molecule has 3 nitrogen and oxygen atoms in total. The minimum absolute atomic E-state index is 0.123. The zero-order valence-corrected chi connectivity index (χ0v) is 13.6. The Morgan fingerprint density at radius 2 is 1.95 bits per heavy atom. The standard InChI is InChI=1S/C17H24ClNO2/c1-13(15-3-5-16(18)6-4-15)17(20)19(2)10-7-14-8-11-21-12-9-14/h3-6,13-14H,7-12H2,1-2H3/t13-/m0/s1. The van der Waals surface area contributed by atoms with Gasteiger partial charge in [-0.2, -0.15) is 0 Å². The normalized spacial score (nSPS) is 17.5. The smallest absolute Gasteiger partial charge is 0.229 e. The van der Waals surface area contributed by atoms with Crippen LogP contribution in [0.4, 0.5) is 0 Å². The van der Waals surface area contributed by atoms with Crippen LogP contribution < -0.4 is 0 Å². The summed E-state index contributed by atoms with van der Waals surface area (Å²) in [5.74, 6) is 0.742. The van der Waals surface area contributed by atoms with Crippen LogP contribution in [-0.2, 0) is 9.53 Å². The van der Waals surface area contributed by atoms with Gasteiger partial charge in [0.15, 0.2) is 0 Å². The van der Waals surface area contributed by atoms with E-state index in [2.05, 4.69) is 0 Å². The second-order valence-corrected chi connectivity index (χ2v) is 6.31. The van der Waals surface area contributed by atoms with E-state index in [1.165, 1.54) is 0 Å². The lowest BCUT2D eigenvalue weighted by atomic mass is 9.95. The Morgan fingerprint density at radius 3 is 2.57 bits per heavy atom. The van der Waals surface area contributed by atoms with Crippen molar-refractivity contribution in [3.8, 4) is 0 Å². The lowest BCUT2D eigenvalue weighted by Gasteiger charge is -2.26. The van der Waals surface area contributed by atoms with Crippen LogP contribution in [-0.4, -0.2) is 37.6 Å². The molecule has 1 amide bonds. The first-order valence-electron chi connectivity index (χ1n) is 7.66. The number of rotatable bonds is 5. The predicted molar refractivity (Wildman–Crippen MR) is 85.7 cm³/mol. The molecule has 0 bridgehead atoms. The first kappa shape index (κ1) is 16.3. The van der Waals surface area contributed by atoms with Crippen LogP contribution in [0.2, 0.25) is 5.02 Å². The summed E-state index contributed by atoms with van der Waals surface area (Å²) in [6.07, 6.45) is 3.31. The molecule has 0 aromatic heterocycles. The maximum absolute atomic E-state index is 12.5. The first-order chi connectivity index (χ1) is 10.1. The molecule has 0 saturated carbocycles. The third kappa shape index (κ3) is 4.72. The molecule has 1 aromatic carbocycles. The van der Waals surface area contributed by atoms with Gasteiger partial charge in [0, 0.05) is 31.8 Å². The molecule has 1 saturated heterocycles. The number of carbonyl (C=O) groups excluding carboxylic acids is 1. The Kier molecular flexibility index (Phi) is 6.07. The van der Waals surface area contributed by atoms with Crippen molar-refractivity contribution < 1.29 is 9.53 Å². The van der Waals surface area contributed by atoms with Crippen molar-refractivity contribution in [3.05, 3.63) is 34.9 Å². The van der Waals surface area contributed by atoms with Gasteiger partial charge < -0.3 is 9.64 Å². The average Bonchev–Trinajstić information content (AvgIpc) is 2.53. The fraction of sp³-hybridized carbons (Fsp3) is 0.588. The summed E-state index contributed by atoms with van der Waals surface area (Å²) in [6.45, 7) is 4.50. The summed E-state index contributed by atoms with van der Waals surface area (Å²) >= 11 is 5.89. The highest BCUT2D eigenvalue weighted by molar-refractivity contribution is 6.30. The number of ether oxygens (including phenoxy) is 1. The number of halogens is 1. The summed E-state index contributed by atoms with van der Waals surface area (Å²) in [5, 5.41) is 0.700. The van der Waals surface area contributed by atoms with Crippen molar-refractivity contribution in [2.45, 2.75) is 32.1 Å². The van der Waals surface area contributed by atoms with Gasteiger partial charge in [-0.3, -0.25) is 4.79 Å². The summed E-state index contributed by atoms with van der Waals surface area (Å²) in [7, 11) is 1.90. The van der Waals surface area contributed by atoms with Crippen LogP contribution in [0.5, 0.6) is 0 Å².